The Labute approximate surface area is 114 Å². The second-order valence-electron chi connectivity index (χ2n) is 5.46. The lowest BCUT2D eigenvalue weighted by Crippen LogP contribution is -2.36. The fourth-order valence-corrected chi connectivity index (χ4v) is 1.88. The maximum Gasteiger partial charge on any atom is 0.0715 e. The molecule has 0 fully saturated rings. The number of rotatable bonds is 5. The van der Waals surface area contributed by atoms with Crippen LogP contribution in [0.1, 0.15) is 32.4 Å². The number of hydrogen-bond donors (Lipinski definition) is 2. The van der Waals surface area contributed by atoms with Crippen molar-refractivity contribution in [3.8, 4) is 5.69 Å². The minimum absolute atomic E-state index is 0.182. The molecule has 0 saturated heterocycles. The van der Waals surface area contributed by atoms with Crippen LogP contribution in [-0.2, 0) is 0 Å². The Morgan fingerprint density at radius 2 is 2.16 bits per heavy atom. The molecule has 1 aromatic heterocycles. The first-order chi connectivity index (χ1) is 8.96. The van der Waals surface area contributed by atoms with Gasteiger partial charge >= 0.3 is 0 Å². The summed E-state index contributed by atoms with van der Waals surface area (Å²) in [6.45, 7) is 6.24. The van der Waals surface area contributed by atoms with Gasteiger partial charge in [-0.05, 0) is 44.5 Å². The van der Waals surface area contributed by atoms with E-state index in [1.807, 2.05) is 29.1 Å². The molecule has 2 rings (SSSR count). The normalized spacial score (nSPS) is 13.5. The molecule has 0 aliphatic carbocycles. The van der Waals surface area contributed by atoms with E-state index in [1.165, 1.54) is 5.56 Å². The molecule has 4 heteroatoms. The van der Waals surface area contributed by atoms with Crippen LogP contribution in [0.3, 0.4) is 0 Å². The Morgan fingerprint density at radius 3 is 2.79 bits per heavy atom. The molecule has 1 heterocycles. The molecule has 0 aliphatic rings. The van der Waals surface area contributed by atoms with Crippen LogP contribution in [0.25, 0.3) is 5.69 Å². The fraction of sp³-hybridized carbons (Fsp3) is 0.400. The molecule has 19 heavy (non-hydrogen) atoms. The van der Waals surface area contributed by atoms with Crippen LogP contribution < -0.4 is 5.32 Å². The Morgan fingerprint density at radius 1 is 1.37 bits per heavy atom. The molecule has 1 atom stereocenters. The lowest BCUT2D eigenvalue weighted by atomic mass is 10.1. The highest BCUT2D eigenvalue weighted by molar-refractivity contribution is 5.36. The fourth-order valence-electron chi connectivity index (χ4n) is 1.88. The van der Waals surface area contributed by atoms with Crippen molar-refractivity contribution in [3.63, 3.8) is 0 Å². The maximum atomic E-state index is 9.74. The van der Waals surface area contributed by atoms with Crippen molar-refractivity contribution >= 4 is 0 Å². The standard InChI is InChI=1S/C15H21N3O/c1-12(16-11-15(2,3)19)13-6-4-7-14(10-13)18-9-5-8-17-18/h4-10,12,16,19H,11H2,1-3H3. The molecule has 0 spiro atoms. The molecular weight excluding hydrogens is 238 g/mol. The summed E-state index contributed by atoms with van der Waals surface area (Å²) in [6, 6.07) is 10.3. The van der Waals surface area contributed by atoms with Gasteiger partial charge in [-0.3, -0.25) is 0 Å². The van der Waals surface area contributed by atoms with Gasteiger partial charge in [-0.1, -0.05) is 12.1 Å². The minimum atomic E-state index is -0.701. The lowest BCUT2D eigenvalue weighted by Gasteiger charge is -2.22. The van der Waals surface area contributed by atoms with Gasteiger partial charge < -0.3 is 10.4 Å². The van der Waals surface area contributed by atoms with E-state index in [2.05, 4.69) is 29.5 Å². The van der Waals surface area contributed by atoms with Gasteiger partial charge in [-0.15, -0.1) is 0 Å². The van der Waals surface area contributed by atoms with Crippen LogP contribution in [0.4, 0.5) is 0 Å². The first kappa shape index (κ1) is 13.8. The van der Waals surface area contributed by atoms with E-state index in [4.69, 9.17) is 0 Å². The second kappa shape index (κ2) is 5.55. The summed E-state index contributed by atoms with van der Waals surface area (Å²) in [5.74, 6) is 0. The Bertz CT molecular complexity index is 514. The van der Waals surface area contributed by atoms with Crippen LogP contribution >= 0.6 is 0 Å². The van der Waals surface area contributed by atoms with Crippen LogP contribution in [0.15, 0.2) is 42.7 Å². The zero-order chi connectivity index (χ0) is 13.9. The van der Waals surface area contributed by atoms with Gasteiger partial charge in [0.15, 0.2) is 0 Å². The van der Waals surface area contributed by atoms with Gasteiger partial charge in [-0.2, -0.15) is 5.10 Å². The van der Waals surface area contributed by atoms with Crippen molar-refractivity contribution in [2.75, 3.05) is 6.54 Å². The van der Waals surface area contributed by atoms with Gasteiger partial charge in [0.1, 0.15) is 0 Å². The third-order valence-corrected chi connectivity index (χ3v) is 2.98. The average molecular weight is 259 g/mol. The Hall–Kier alpha value is -1.65. The molecule has 0 amide bonds. The minimum Gasteiger partial charge on any atom is -0.389 e. The molecule has 0 bridgehead atoms. The zero-order valence-corrected chi connectivity index (χ0v) is 11.7. The van der Waals surface area contributed by atoms with Crippen molar-refractivity contribution in [2.24, 2.45) is 0 Å². The third kappa shape index (κ3) is 3.91. The highest BCUT2D eigenvalue weighted by Crippen LogP contribution is 2.17. The van der Waals surface area contributed by atoms with Gasteiger partial charge in [0.2, 0.25) is 0 Å². The predicted molar refractivity (Wildman–Crippen MR) is 76.3 cm³/mol. The van der Waals surface area contributed by atoms with Crippen molar-refractivity contribution in [3.05, 3.63) is 48.3 Å². The van der Waals surface area contributed by atoms with Gasteiger partial charge in [0.25, 0.3) is 0 Å². The number of aliphatic hydroxyl groups is 1. The van der Waals surface area contributed by atoms with E-state index in [9.17, 15) is 5.11 Å². The number of benzene rings is 1. The molecular formula is C15H21N3O. The monoisotopic (exact) mass is 259 g/mol. The van der Waals surface area contributed by atoms with E-state index in [-0.39, 0.29) is 6.04 Å². The van der Waals surface area contributed by atoms with Crippen LogP contribution in [0.2, 0.25) is 0 Å². The van der Waals surface area contributed by atoms with Crippen LogP contribution in [0.5, 0.6) is 0 Å². The quantitative estimate of drug-likeness (QED) is 0.866. The molecule has 1 unspecified atom stereocenters. The summed E-state index contributed by atoms with van der Waals surface area (Å²) in [4.78, 5) is 0. The summed E-state index contributed by atoms with van der Waals surface area (Å²) in [5, 5.41) is 17.3. The number of nitrogens with one attached hydrogen (secondary N) is 1. The molecule has 102 valence electrons. The van der Waals surface area contributed by atoms with Crippen molar-refractivity contribution < 1.29 is 5.11 Å². The van der Waals surface area contributed by atoms with Crippen molar-refractivity contribution in [2.45, 2.75) is 32.4 Å². The largest absolute Gasteiger partial charge is 0.389 e. The van der Waals surface area contributed by atoms with Crippen LogP contribution in [0, 0.1) is 0 Å². The van der Waals surface area contributed by atoms with Crippen molar-refractivity contribution in [1.29, 1.82) is 0 Å². The summed E-state index contributed by atoms with van der Waals surface area (Å²) in [7, 11) is 0. The molecule has 1 aromatic carbocycles. The molecule has 2 aromatic rings. The first-order valence-electron chi connectivity index (χ1n) is 6.51. The zero-order valence-electron chi connectivity index (χ0n) is 11.7. The van der Waals surface area contributed by atoms with E-state index < -0.39 is 5.60 Å². The molecule has 2 N–H and O–H groups in total. The topological polar surface area (TPSA) is 50.1 Å². The van der Waals surface area contributed by atoms with Gasteiger partial charge in [-0.25, -0.2) is 4.68 Å². The summed E-state index contributed by atoms with van der Waals surface area (Å²) in [5.41, 5.74) is 1.52. The van der Waals surface area contributed by atoms with Gasteiger partial charge in [0.05, 0.1) is 11.3 Å². The highest BCUT2D eigenvalue weighted by atomic mass is 16.3. The average Bonchev–Trinajstić information content (AvgIpc) is 2.89. The third-order valence-electron chi connectivity index (χ3n) is 2.98. The highest BCUT2D eigenvalue weighted by Gasteiger charge is 2.14. The first-order valence-corrected chi connectivity index (χ1v) is 6.51. The summed E-state index contributed by atoms with van der Waals surface area (Å²) < 4.78 is 1.84. The molecule has 4 nitrogen and oxygen atoms in total. The van der Waals surface area contributed by atoms with E-state index >= 15 is 0 Å². The Balaban J connectivity index is 2.10. The number of aromatic nitrogens is 2. The lowest BCUT2D eigenvalue weighted by molar-refractivity contribution is 0.0770. The molecule has 0 radical (unpaired) electrons. The second-order valence-corrected chi connectivity index (χ2v) is 5.46. The number of nitrogens with zero attached hydrogens (tertiary/aromatic N) is 2. The van der Waals surface area contributed by atoms with Crippen molar-refractivity contribution in [1.82, 2.24) is 15.1 Å². The molecule has 0 aliphatic heterocycles. The van der Waals surface area contributed by atoms with E-state index in [1.54, 1.807) is 20.0 Å². The van der Waals surface area contributed by atoms with Gasteiger partial charge in [0, 0.05) is 25.0 Å². The van der Waals surface area contributed by atoms with Crippen LogP contribution in [-0.4, -0.2) is 27.0 Å². The summed E-state index contributed by atoms with van der Waals surface area (Å²) in [6.07, 6.45) is 3.69. The number of hydrogen-bond acceptors (Lipinski definition) is 3. The Kier molecular flexibility index (Phi) is 4.02. The predicted octanol–water partition coefficient (Wildman–Crippen LogP) is 2.29. The smallest absolute Gasteiger partial charge is 0.0715 e. The maximum absolute atomic E-state index is 9.74. The molecule has 0 saturated carbocycles. The van der Waals surface area contributed by atoms with E-state index in [0.717, 1.165) is 5.69 Å². The SMILES string of the molecule is CC(NCC(C)(C)O)c1cccc(-n2cccn2)c1. The van der Waals surface area contributed by atoms with E-state index in [0.29, 0.717) is 6.54 Å². The summed E-state index contributed by atoms with van der Waals surface area (Å²) >= 11 is 0.